The van der Waals surface area contributed by atoms with E-state index >= 15 is 0 Å². The fourth-order valence-corrected chi connectivity index (χ4v) is 4.00. The summed E-state index contributed by atoms with van der Waals surface area (Å²) in [4.78, 5) is 25.9. The van der Waals surface area contributed by atoms with Crippen molar-refractivity contribution in [1.29, 1.82) is 0 Å². The summed E-state index contributed by atoms with van der Waals surface area (Å²) in [5.74, 6) is -1.05. The zero-order valence-corrected chi connectivity index (χ0v) is 23.8. The first-order valence-electron chi connectivity index (χ1n) is 9.67. The standard InChI is InChI=1S/C20H24BrF3IN5O4S/c1-27-19(29-18(25)12-6-5-7-13(10-12)35(4,32)33)16(15(21)17(26)20(22,23)24)28-11-14(31)34-9-8-30(2)3/h5-7,10H,8-9,11,26H2,1-4H3. The maximum atomic E-state index is 13.3. The normalized spacial score (nSPS) is 14.7. The average Bonchev–Trinajstić information content (AvgIpc) is 2.76. The smallest absolute Gasteiger partial charge is 0.431 e. The molecule has 0 aliphatic rings. The summed E-state index contributed by atoms with van der Waals surface area (Å²) in [7, 11) is 1.32. The van der Waals surface area contributed by atoms with Gasteiger partial charge in [-0.2, -0.15) is 13.2 Å². The molecule has 0 bridgehead atoms. The molecule has 1 aromatic rings. The molecular weight excluding hydrogens is 670 g/mol. The quantitative estimate of drug-likeness (QED) is 0.184. The van der Waals surface area contributed by atoms with E-state index in [9.17, 15) is 26.4 Å². The summed E-state index contributed by atoms with van der Waals surface area (Å²) in [6, 6.07) is 5.83. The third-order valence-electron chi connectivity index (χ3n) is 4.05. The SMILES string of the molecule is CN=C(N=C(I)c1cccc(S(C)(=O)=O)c1)C(=NCC(=O)OCCN(C)C)C(Br)=C(N)C(F)(F)F. The molecule has 0 aliphatic carbocycles. The molecule has 2 N–H and O–H groups in total. The van der Waals surface area contributed by atoms with Gasteiger partial charge in [-0.1, -0.05) is 12.1 Å². The number of hydrogen-bond acceptors (Lipinski definition) is 8. The Hall–Kier alpha value is -1.85. The Bertz CT molecular complexity index is 1170. The highest BCUT2D eigenvalue weighted by Gasteiger charge is 2.35. The van der Waals surface area contributed by atoms with Gasteiger partial charge in [0, 0.05) is 25.4 Å². The lowest BCUT2D eigenvalue weighted by atomic mass is 10.2. The van der Waals surface area contributed by atoms with E-state index in [1.54, 1.807) is 47.7 Å². The van der Waals surface area contributed by atoms with E-state index in [4.69, 9.17) is 10.5 Å². The number of allylic oxidation sites excluding steroid dienone is 1. The van der Waals surface area contributed by atoms with Gasteiger partial charge in [0.05, 0.1) is 9.38 Å². The molecule has 35 heavy (non-hydrogen) atoms. The molecule has 9 nitrogen and oxygen atoms in total. The monoisotopic (exact) mass is 693 g/mol. The molecule has 0 saturated heterocycles. The molecule has 0 saturated carbocycles. The molecule has 194 valence electrons. The number of amidine groups is 1. The number of nitrogens with zero attached hydrogens (tertiary/aromatic N) is 4. The second-order valence-corrected chi connectivity index (χ2v) is 11.0. The molecule has 0 aliphatic heterocycles. The number of hydrogen-bond donors (Lipinski definition) is 1. The van der Waals surface area contributed by atoms with Crippen LogP contribution in [0.1, 0.15) is 5.56 Å². The molecule has 1 aromatic carbocycles. The van der Waals surface area contributed by atoms with Gasteiger partial charge in [-0.05, 0) is 64.7 Å². The van der Waals surface area contributed by atoms with Crippen LogP contribution in [0.4, 0.5) is 13.2 Å². The highest BCUT2D eigenvalue weighted by molar-refractivity contribution is 14.1. The molecule has 0 amide bonds. The highest BCUT2D eigenvalue weighted by atomic mass is 127. The lowest BCUT2D eigenvalue weighted by Crippen LogP contribution is -2.26. The number of carbonyl (C=O) groups excluding carboxylic acids is 1. The van der Waals surface area contributed by atoms with Crippen molar-refractivity contribution in [1.82, 2.24) is 4.90 Å². The van der Waals surface area contributed by atoms with Crippen molar-refractivity contribution in [3.8, 4) is 0 Å². The van der Waals surface area contributed by atoms with E-state index in [2.05, 4.69) is 30.9 Å². The average molecular weight is 694 g/mol. The topological polar surface area (TPSA) is 127 Å². The summed E-state index contributed by atoms with van der Waals surface area (Å²) in [6.45, 7) is -0.0961. The zero-order chi connectivity index (χ0) is 27.0. The predicted octanol–water partition coefficient (Wildman–Crippen LogP) is 2.97. The summed E-state index contributed by atoms with van der Waals surface area (Å²) in [6.07, 6.45) is -3.86. The van der Waals surface area contributed by atoms with Crippen molar-refractivity contribution in [3.63, 3.8) is 0 Å². The van der Waals surface area contributed by atoms with Crippen molar-refractivity contribution >= 4 is 69.6 Å². The minimum Gasteiger partial charge on any atom is -0.463 e. The predicted molar refractivity (Wildman–Crippen MR) is 141 cm³/mol. The van der Waals surface area contributed by atoms with Crippen LogP contribution in [-0.4, -0.2) is 87.8 Å². The largest absolute Gasteiger partial charge is 0.463 e. The van der Waals surface area contributed by atoms with Crippen molar-refractivity contribution in [2.24, 2.45) is 20.7 Å². The van der Waals surface area contributed by atoms with Crippen LogP contribution < -0.4 is 5.73 Å². The molecule has 1 rings (SSSR count). The van der Waals surface area contributed by atoms with Crippen LogP contribution in [0, 0.1) is 0 Å². The molecular formula is C20H24BrF3IN5O4S. The fraction of sp³-hybridized carbons (Fsp3) is 0.400. The van der Waals surface area contributed by atoms with Crippen molar-refractivity contribution in [3.05, 3.63) is 40.0 Å². The Balaban J connectivity index is 3.46. The van der Waals surface area contributed by atoms with Crippen LogP contribution in [0.3, 0.4) is 0 Å². The Morgan fingerprint density at radius 3 is 2.43 bits per heavy atom. The molecule has 0 spiro atoms. The van der Waals surface area contributed by atoms with E-state index in [-0.39, 0.29) is 21.1 Å². The van der Waals surface area contributed by atoms with Crippen LogP contribution in [-0.2, 0) is 19.4 Å². The molecule has 15 heteroatoms. The second-order valence-electron chi connectivity index (χ2n) is 7.16. The Morgan fingerprint density at radius 2 is 1.91 bits per heavy atom. The maximum Gasteiger partial charge on any atom is 0.431 e. The lowest BCUT2D eigenvalue weighted by molar-refractivity contribution is -0.142. The number of sulfone groups is 1. The second kappa shape index (κ2) is 13.5. The molecule has 0 radical (unpaired) electrons. The van der Waals surface area contributed by atoms with Gasteiger partial charge >= 0.3 is 12.1 Å². The number of ether oxygens (including phenoxy) is 1. The van der Waals surface area contributed by atoms with E-state index in [0.717, 1.165) is 6.26 Å². The van der Waals surface area contributed by atoms with Crippen LogP contribution in [0.15, 0.2) is 54.3 Å². The minimum absolute atomic E-state index is 0.0334. The highest BCUT2D eigenvalue weighted by Crippen LogP contribution is 2.28. The van der Waals surface area contributed by atoms with Gasteiger partial charge in [0.2, 0.25) is 0 Å². The molecule has 0 atom stereocenters. The number of esters is 1. The fourth-order valence-electron chi connectivity index (χ4n) is 2.24. The van der Waals surface area contributed by atoms with Gasteiger partial charge in [0.1, 0.15) is 28.3 Å². The van der Waals surface area contributed by atoms with Gasteiger partial charge in [-0.3, -0.25) is 14.8 Å². The Morgan fingerprint density at radius 1 is 1.29 bits per heavy atom. The van der Waals surface area contributed by atoms with Gasteiger partial charge in [0.25, 0.3) is 0 Å². The number of aliphatic imine (C=N–C) groups is 3. The summed E-state index contributed by atoms with van der Waals surface area (Å²) >= 11 is 4.59. The van der Waals surface area contributed by atoms with E-state index in [0.29, 0.717) is 12.1 Å². The number of nitrogens with two attached hydrogens (primary N) is 1. The van der Waals surface area contributed by atoms with Gasteiger partial charge in [-0.15, -0.1) is 0 Å². The zero-order valence-electron chi connectivity index (χ0n) is 19.2. The number of likely N-dealkylation sites (N-methyl/N-ethyl adjacent to an activating group) is 1. The first-order chi connectivity index (χ1) is 16.1. The third kappa shape index (κ3) is 10.3. The van der Waals surface area contributed by atoms with E-state index in [1.807, 2.05) is 0 Å². The molecule has 0 unspecified atom stereocenters. The number of alkyl halides is 3. The number of rotatable bonds is 9. The van der Waals surface area contributed by atoms with E-state index < -0.39 is 44.4 Å². The first kappa shape index (κ1) is 31.2. The molecule has 0 aromatic heterocycles. The lowest BCUT2D eigenvalue weighted by Gasteiger charge is -2.13. The summed E-state index contributed by atoms with van der Waals surface area (Å²) < 4.78 is 68.0. The van der Waals surface area contributed by atoms with Gasteiger partial charge in [-0.25, -0.2) is 13.4 Å². The third-order valence-corrected chi connectivity index (χ3v) is 6.82. The van der Waals surface area contributed by atoms with Crippen LogP contribution in [0.5, 0.6) is 0 Å². The number of halogens is 5. The first-order valence-corrected chi connectivity index (χ1v) is 13.4. The van der Waals surface area contributed by atoms with Crippen LogP contribution in [0.25, 0.3) is 0 Å². The van der Waals surface area contributed by atoms with Crippen LogP contribution in [0.2, 0.25) is 0 Å². The van der Waals surface area contributed by atoms with Crippen LogP contribution >= 0.6 is 38.5 Å². The Labute approximate surface area is 223 Å². The van der Waals surface area contributed by atoms with Crippen molar-refractivity contribution < 1.29 is 31.1 Å². The number of benzene rings is 1. The number of carbonyl (C=O) groups is 1. The summed E-state index contributed by atoms with van der Waals surface area (Å²) in [5.41, 5.74) is 3.70. The van der Waals surface area contributed by atoms with Gasteiger partial charge < -0.3 is 15.4 Å². The van der Waals surface area contributed by atoms with Crippen molar-refractivity contribution in [2.75, 3.05) is 47.1 Å². The molecule has 0 fully saturated rings. The minimum atomic E-state index is -4.90. The Kier molecular flexibility index (Phi) is 12.0. The van der Waals surface area contributed by atoms with E-state index in [1.165, 1.54) is 25.2 Å². The van der Waals surface area contributed by atoms with Crippen molar-refractivity contribution in [2.45, 2.75) is 11.1 Å². The maximum absolute atomic E-state index is 13.3. The summed E-state index contributed by atoms with van der Waals surface area (Å²) in [5, 5.41) is 0. The van der Waals surface area contributed by atoms with Gasteiger partial charge in [0.15, 0.2) is 15.7 Å². The molecule has 0 heterocycles.